The van der Waals surface area contributed by atoms with Crippen LogP contribution in [-0.2, 0) is 4.74 Å². The van der Waals surface area contributed by atoms with Crippen LogP contribution < -0.4 is 15.4 Å². The maximum atomic E-state index is 12.1. The average Bonchev–Trinajstić information content (AvgIpc) is 2.62. The van der Waals surface area contributed by atoms with E-state index in [-0.39, 0.29) is 30.1 Å². The molecule has 1 heterocycles. The lowest BCUT2D eigenvalue weighted by Gasteiger charge is -2.33. The van der Waals surface area contributed by atoms with Crippen molar-refractivity contribution in [3.8, 4) is 5.75 Å². The number of piperazine rings is 1. The Hall–Kier alpha value is -2.24. The molecule has 0 unspecified atom stereocenters. The lowest BCUT2D eigenvalue weighted by atomic mass is 10.3. The highest BCUT2D eigenvalue weighted by atomic mass is 127. The Bertz CT molecular complexity index is 618. The van der Waals surface area contributed by atoms with E-state index in [1.54, 1.807) is 38.3 Å². The van der Waals surface area contributed by atoms with Crippen LogP contribution in [0.25, 0.3) is 0 Å². The SMILES string of the molecule is CCOC(=O)N1CCN(C(=O)NC(=O)Nc2ccc(OC)cc2)CC1.I. The number of hydrogen-bond acceptors (Lipinski definition) is 5. The minimum Gasteiger partial charge on any atom is -0.497 e. The van der Waals surface area contributed by atoms with Crippen molar-refractivity contribution in [2.75, 3.05) is 45.2 Å². The number of nitrogens with zero attached hydrogens (tertiary/aromatic N) is 2. The topological polar surface area (TPSA) is 100 Å². The predicted molar refractivity (Wildman–Crippen MR) is 106 cm³/mol. The number of ether oxygens (including phenoxy) is 2. The van der Waals surface area contributed by atoms with E-state index in [1.807, 2.05) is 0 Å². The van der Waals surface area contributed by atoms with E-state index in [0.717, 1.165) is 0 Å². The smallest absolute Gasteiger partial charge is 0.409 e. The third-order valence-corrected chi connectivity index (χ3v) is 3.66. The van der Waals surface area contributed by atoms with Crippen molar-refractivity contribution < 1.29 is 23.9 Å². The van der Waals surface area contributed by atoms with Crippen molar-refractivity contribution >= 4 is 47.8 Å². The molecule has 9 nitrogen and oxygen atoms in total. The molecule has 2 N–H and O–H groups in total. The molecule has 1 aromatic rings. The summed E-state index contributed by atoms with van der Waals surface area (Å²) in [5.74, 6) is 0.668. The fraction of sp³-hybridized carbons (Fsp3) is 0.438. The molecule has 0 bridgehead atoms. The van der Waals surface area contributed by atoms with Gasteiger partial charge in [-0.2, -0.15) is 0 Å². The molecule has 1 aliphatic rings. The molecule has 0 aliphatic carbocycles. The van der Waals surface area contributed by atoms with Gasteiger partial charge in [-0.1, -0.05) is 0 Å². The monoisotopic (exact) mass is 478 g/mol. The summed E-state index contributed by atoms with van der Waals surface area (Å²) in [4.78, 5) is 38.6. The van der Waals surface area contributed by atoms with E-state index in [1.165, 1.54) is 9.80 Å². The van der Waals surface area contributed by atoms with Gasteiger partial charge in [0, 0.05) is 31.9 Å². The van der Waals surface area contributed by atoms with Gasteiger partial charge < -0.3 is 24.6 Å². The second kappa shape index (κ2) is 10.7. The van der Waals surface area contributed by atoms with Gasteiger partial charge in [0.05, 0.1) is 13.7 Å². The zero-order valence-electron chi connectivity index (χ0n) is 14.7. The van der Waals surface area contributed by atoms with Gasteiger partial charge in [-0.25, -0.2) is 14.4 Å². The molecular formula is C16H23IN4O5. The molecule has 2 rings (SSSR count). The number of nitrogens with one attached hydrogen (secondary N) is 2. The molecule has 0 saturated carbocycles. The van der Waals surface area contributed by atoms with Crippen molar-refractivity contribution in [2.45, 2.75) is 6.92 Å². The van der Waals surface area contributed by atoms with Crippen LogP contribution >= 0.6 is 24.0 Å². The maximum absolute atomic E-state index is 12.1. The zero-order valence-corrected chi connectivity index (χ0v) is 17.0. The van der Waals surface area contributed by atoms with Crippen molar-refractivity contribution in [1.82, 2.24) is 15.1 Å². The van der Waals surface area contributed by atoms with Crippen LogP contribution in [0.4, 0.5) is 20.1 Å². The number of amides is 5. The summed E-state index contributed by atoms with van der Waals surface area (Å²) in [6.07, 6.45) is -0.389. The number of imide groups is 1. The Morgan fingerprint density at radius 1 is 1.04 bits per heavy atom. The van der Waals surface area contributed by atoms with Crippen LogP contribution in [0, 0.1) is 0 Å². The van der Waals surface area contributed by atoms with E-state index in [4.69, 9.17) is 9.47 Å². The Balaban J connectivity index is 0.00000338. The van der Waals surface area contributed by atoms with Crippen LogP contribution in [-0.4, -0.2) is 67.9 Å². The first-order valence-corrected chi connectivity index (χ1v) is 7.96. The first kappa shape index (κ1) is 21.8. The Kier molecular flexibility index (Phi) is 8.96. The van der Waals surface area contributed by atoms with E-state index in [2.05, 4.69) is 10.6 Å². The van der Waals surface area contributed by atoms with Gasteiger partial charge in [0.2, 0.25) is 0 Å². The number of benzene rings is 1. The molecule has 0 aromatic heterocycles. The lowest BCUT2D eigenvalue weighted by molar-refractivity contribution is 0.0855. The minimum atomic E-state index is -0.622. The summed E-state index contributed by atoms with van der Waals surface area (Å²) in [7, 11) is 1.55. The largest absolute Gasteiger partial charge is 0.497 e. The van der Waals surface area contributed by atoms with Crippen LogP contribution in [0.2, 0.25) is 0 Å². The molecular weight excluding hydrogens is 455 g/mol. The van der Waals surface area contributed by atoms with E-state index in [0.29, 0.717) is 44.2 Å². The van der Waals surface area contributed by atoms with Crippen molar-refractivity contribution in [3.05, 3.63) is 24.3 Å². The minimum absolute atomic E-state index is 0. The third kappa shape index (κ3) is 6.24. The zero-order chi connectivity index (χ0) is 18.2. The normalized spacial score (nSPS) is 13.3. The molecule has 144 valence electrons. The molecule has 1 aliphatic heterocycles. The number of carbonyl (C=O) groups is 3. The summed E-state index contributed by atoms with van der Waals surface area (Å²) in [5.41, 5.74) is 0.540. The van der Waals surface area contributed by atoms with Crippen LogP contribution in [0.5, 0.6) is 5.75 Å². The highest BCUT2D eigenvalue weighted by molar-refractivity contribution is 14.0. The summed E-state index contributed by atoms with van der Waals surface area (Å²) < 4.78 is 9.95. The van der Waals surface area contributed by atoms with E-state index >= 15 is 0 Å². The van der Waals surface area contributed by atoms with E-state index in [9.17, 15) is 14.4 Å². The Morgan fingerprint density at radius 3 is 2.15 bits per heavy atom. The number of rotatable bonds is 3. The summed E-state index contributed by atoms with van der Waals surface area (Å²) in [6.45, 7) is 3.45. The van der Waals surface area contributed by atoms with Crippen LogP contribution in [0.15, 0.2) is 24.3 Å². The number of methoxy groups -OCH3 is 1. The molecule has 0 atom stereocenters. The Morgan fingerprint density at radius 2 is 1.62 bits per heavy atom. The van der Waals surface area contributed by atoms with Gasteiger partial charge in [-0.15, -0.1) is 24.0 Å². The summed E-state index contributed by atoms with van der Waals surface area (Å²) in [6, 6.07) is 5.61. The summed E-state index contributed by atoms with van der Waals surface area (Å²) >= 11 is 0. The highest BCUT2D eigenvalue weighted by Gasteiger charge is 2.25. The average molecular weight is 478 g/mol. The van der Waals surface area contributed by atoms with Crippen molar-refractivity contribution in [2.24, 2.45) is 0 Å². The van der Waals surface area contributed by atoms with Crippen LogP contribution in [0.3, 0.4) is 0 Å². The number of carbonyl (C=O) groups excluding carboxylic acids is 3. The second-order valence-corrected chi connectivity index (χ2v) is 5.29. The molecule has 0 spiro atoms. The van der Waals surface area contributed by atoms with E-state index < -0.39 is 12.1 Å². The van der Waals surface area contributed by atoms with Crippen LogP contribution in [0.1, 0.15) is 6.92 Å². The molecule has 10 heteroatoms. The fourth-order valence-electron chi connectivity index (χ4n) is 2.32. The van der Waals surface area contributed by atoms with Gasteiger partial charge in [0.1, 0.15) is 5.75 Å². The molecule has 1 fully saturated rings. The number of anilines is 1. The van der Waals surface area contributed by atoms with Gasteiger partial charge >= 0.3 is 18.2 Å². The standard InChI is InChI=1S/C16H22N4O5.HI/c1-3-25-16(23)20-10-8-19(9-11-20)15(22)18-14(21)17-12-4-6-13(24-2)7-5-12;/h4-7H,3,8-11H2,1-2H3,(H2,17,18,21,22);1H. The third-order valence-electron chi connectivity index (χ3n) is 3.66. The first-order chi connectivity index (χ1) is 12.0. The predicted octanol–water partition coefficient (Wildman–Crippen LogP) is 2.33. The van der Waals surface area contributed by atoms with Crippen molar-refractivity contribution in [1.29, 1.82) is 0 Å². The summed E-state index contributed by atoms with van der Waals surface area (Å²) in [5, 5.41) is 4.84. The first-order valence-electron chi connectivity index (χ1n) is 7.96. The molecule has 5 amide bonds. The van der Waals surface area contributed by atoms with Gasteiger partial charge in [-0.05, 0) is 31.2 Å². The molecule has 26 heavy (non-hydrogen) atoms. The highest BCUT2D eigenvalue weighted by Crippen LogP contribution is 2.14. The maximum Gasteiger partial charge on any atom is 0.409 e. The number of hydrogen-bond donors (Lipinski definition) is 2. The molecule has 0 radical (unpaired) electrons. The number of halogens is 1. The van der Waals surface area contributed by atoms with Gasteiger partial charge in [0.15, 0.2) is 0 Å². The Labute approximate surface area is 169 Å². The fourth-order valence-corrected chi connectivity index (χ4v) is 2.32. The molecule has 1 saturated heterocycles. The number of urea groups is 2. The lowest BCUT2D eigenvalue weighted by Crippen LogP contribution is -2.54. The molecule has 1 aromatic carbocycles. The van der Waals surface area contributed by atoms with Crippen molar-refractivity contribution in [3.63, 3.8) is 0 Å². The second-order valence-electron chi connectivity index (χ2n) is 5.29. The van der Waals surface area contributed by atoms with Gasteiger partial charge in [0.25, 0.3) is 0 Å². The quantitative estimate of drug-likeness (QED) is 0.650. The van der Waals surface area contributed by atoms with Gasteiger partial charge in [-0.3, -0.25) is 5.32 Å².